The van der Waals surface area contributed by atoms with Gasteiger partial charge in [0.15, 0.2) is 5.96 Å². The number of nitrogens with zero attached hydrogens (tertiary/aromatic N) is 3. The first-order valence-corrected chi connectivity index (χ1v) is 10.2. The van der Waals surface area contributed by atoms with Crippen LogP contribution in [0.2, 0.25) is 0 Å². The van der Waals surface area contributed by atoms with E-state index < -0.39 is 0 Å². The molecule has 0 radical (unpaired) electrons. The molecule has 0 bridgehead atoms. The highest BCUT2D eigenvalue weighted by Crippen LogP contribution is 2.27. The molecule has 28 heavy (non-hydrogen) atoms. The van der Waals surface area contributed by atoms with Gasteiger partial charge in [0.25, 0.3) is 0 Å². The minimum absolute atomic E-state index is 0. The normalized spacial score (nSPS) is 16.2. The van der Waals surface area contributed by atoms with E-state index in [9.17, 15) is 0 Å². The minimum Gasteiger partial charge on any atom is -0.370 e. The molecule has 0 spiro atoms. The second kappa shape index (κ2) is 11.1. The summed E-state index contributed by atoms with van der Waals surface area (Å²) in [6.07, 6.45) is 9.95. The fraction of sp³-hybridized carbons (Fsp3) is 0.571. The van der Waals surface area contributed by atoms with Crippen molar-refractivity contribution in [2.24, 2.45) is 5.73 Å². The van der Waals surface area contributed by atoms with Crippen molar-refractivity contribution in [3.05, 3.63) is 35.7 Å². The van der Waals surface area contributed by atoms with Gasteiger partial charge in [0.05, 0.1) is 5.92 Å². The molecule has 0 unspecified atom stereocenters. The zero-order valence-corrected chi connectivity index (χ0v) is 17.5. The predicted molar refractivity (Wildman–Crippen MR) is 115 cm³/mol. The second-order valence-corrected chi connectivity index (χ2v) is 7.49. The van der Waals surface area contributed by atoms with Crippen LogP contribution in [-0.4, -0.2) is 34.1 Å². The summed E-state index contributed by atoms with van der Waals surface area (Å²) in [4.78, 5) is 6.41. The van der Waals surface area contributed by atoms with E-state index in [2.05, 4.69) is 41.3 Å². The molecule has 1 aromatic carbocycles. The Kier molecular flexibility index (Phi) is 8.77. The second-order valence-electron chi connectivity index (χ2n) is 7.49. The zero-order chi connectivity index (χ0) is 19.1. The molecule has 154 valence electrons. The predicted octanol–water partition coefficient (Wildman–Crippen LogP) is 4.74. The van der Waals surface area contributed by atoms with Crippen molar-refractivity contribution < 1.29 is 4.52 Å². The highest BCUT2D eigenvalue weighted by atomic mass is 35.5. The fourth-order valence-corrected chi connectivity index (χ4v) is 3.63. The summed E-state index contributed by atoms with van der Waals surface area (Å²) in [5.41, 5.74) is 7.91. The average molecular weight is 406 g/mol. The molecule has 7 heteroatoms. The molecular formula is C21H32ClN5O. The maximum atomic E-state index is 7.53. The van der Waals surface area contributed by atoms with Crippen molar-refractivity contribution in [3.63, 3.8) is 0 Å². The van der Waals surface area contributed by atoms with Crippen LogP contribution in [0.15, 0.2) is 28.8 Å². The number of nitrogens with one attached hydrogen (secondary N) is 1. The molecule has 1 aromatic heterocycles. The van der Waals surface area contributed by atoms with Gasteiger partial charge in [0.2, 0.25) is 11.7 Å². The number of benzene rings is 1. The SMILES string of the molecule is CCCCCCCCc1ccc(-c2noc([C@@H]3CCN(C(=N)N)C3)n2)cc1.Cl. The Morgan fingerprint density at radius 1 is 1.18 bits per heavy atom. The van der Waals surface area contributed by atoms with Gasteiger partial charge in [-0.2, -0.15) is 4.98 Å². The summed E-state index contributed by atoms with van der Waals surface area (Å²) in [7, 11) is 0. The van der Waals surface area contributed by atoms with Crippen molar-refractivity contribution in [2.45, 2.75) is 64.2 Å². The van der Waals surface area contributed by atoms with Crippen molar-refractivity contribution in [1.82, 2.24) is 15.0 Å². The molecule has 0 amide bonds. The van der Waals surface area contributed by atoms with Crippen molar-refractivity contribution >= 4 is 18.4 Å². The Bertz CT molecular complexity index is 731. The summed E-state index contributed by atoms with van der Waals surface area (Å²) >= 11 is 0. The van der Waals surface area contributed by atoms with E-state index in [1.807, 2.05) is 4.90 Å². The highest BCUT2D eigenvalue weighted by molar-refractivity contribution is 5.85. The van der Waals surface area contributed by atoms with Crippen LogP contribution >= 0.6 is 12.4 Å². The molecule has 1 aliphatic rings. The third kappa shape index (κ3) is 5.96. The largest absolute Gasteiger partial charge is 0.370 e. The van der Waals surface area contributed by atoms with Crippen LogP contribution in [0.1, 0.15) is 69.2 Å². The standard InChI is InChI=1S/C21H31N5O.ClH/c1-2-3-4-5-6-7-8-16-9-11-17(12-10-16)19-24-20(27-25-19)18-13-14-26(15-18)21(22)23;/h9-12,18H,2-8,13-15H2,1H3,(H3,22,23);1H/t18-;/m1./s1. The monoisotopic (exact) mass is 405 g/mol. The van der Waals surface area contributed by atoms with E-state index in [-0.39, 0.29) is 24.3 Å². The van der Waals surface area contributed by atoms with E-state index >= 15 is 0 Å². The van der Waals surface area contributed by atoms with Crippen molar-refractivity contribution in [2.75, 3.05) is 13.1 Å². The number of nitrogens with two attached hydrogens (primary N) is 1. The van der Waals surface area contributed by atoms with Gasteiger partial charge in [0, 0.05) is 18.7 Å². The van der Waals surface area contributed by atoms with E-state index in [1.165, 1.54) is 44.1 Å². The zero-order valence-electron chi connectivity index (χ0n) is 16.7. The molecule has 6 nitrogen and oxygen atoms in total. The molecule has 1 fully saturated rings. The highest BCUT2D eigenvalue weighted by Gasteiger charge is 2.29. The van der Waals surface area contributed by atoms with Gasteiger partial charge in [0.1, 0.15) is 0 Å². The van der Waals surface area contributed by atoms with Gasteiger partial charge in [-0.1, -0.05) is 68.4 Å². The van der Waals surface area contributed by atoms with Crippen LogP contribution in [0.5, 0.6) is 0 Å². The average Bonchev–Trinajstić information content (AvgIpc) is 3.34. The quantitative estimate of drug-likeness (QED) is 0.357. The van der Waals surface area contributed by atoms with Crippen LogP contribution in [0.4, 0.5) is 0 Å². The Labute approximate surface area is 173 Å². The number of rotatable bonds is 9. The lowest BCUT2D eigenvalue weighted by atomic mass is 10.0. The summed E-state index contributed by atoms with van der Waals surface area (Å²) in [5.74, 6) is 1.54. The molecule has 1 atom stereocenters. The number of aromatic nitrogens is 2. The lowest BCUT2D eigenvalue weighted by molar-refractivity contribution is 0.354. The smallest absolute Gasteiger partial charge is 0.231 e. The molecule has 1 saturated heterocycles. The van der Waals surface area contributed by atoms with Gasteiger partial charge in [-0.15, -0.1) is 12.4 Å². The molecule has 2 heterocycles. The van der Waals surface area contributed by atoms with Gasteiger partial charge in [-0.3, -0.25) is 5.41 Å². The van der Waals surface area contributed by atoms with E-state index in [0.717, 1.165) is 24.9 Å². The maximum absolute atomic E-state index is 7.53. The van der Waals surface area contributed by atoms with Crippen LogP contribution in [-0.2, 0) is 6.42 Å². The number of unbranched alkanes of at least 4 members (excludes halogenated alkanes) is 5. The number of guanidine groups is 1. The van der Waals surface area contributed by atoms with Crippen molar-refractivity contribution in [1.29, 1.82) is 5.41 Å². The number of halogens is 1. The molecule has 1 aliphatic heterocycles. The maximum Gasteiger partial charge on any atom is 0.231 e. The first-order chi connectivity index (χ1) is 13.2. The molecule has 0 saturated carbocycles. The Balaban J connectivity index is 0.00000280. The number of likely N-dealkylation sites (tertiary alicyclic amines) is 1. The number of hydrogen-bond donors (Lipinski definition) is 2. The fourth-order valence-electron chi connectivity index (χ4n) is 3.63. The van der Waals surface area contributed by atoms with Crippen LogP contribution in [0, 0.1) is 5.41 Å². The third-order valence-electron chi connectivity index (χ3n) is 5.35. The Hall–Kier alpha value is -2.08. The first-order valence-electron chi connectivity index (χ1n) is 10.2. The summed E-state index contributed by atoms with van der Waals surface area (Å²) in [6, 6.07) is 8.50. The topological polar surface area (TPSA) is 92.0 Å². The summed E-state index contributed by atoms with van der Waals surface area (Å²) in [5, 5.41) is 11.7. The van der Waals surface area contributed by atoms with E-state index in [0.29, 0.717) is 18.3 Å². The minimum atomic E-state index is 0. The molecule has 0 aliphatic carbocycles. The molecule has 3 N–H and O–H groups in total. The molecule has 3 rings (SSSR count). The third-order valence-corrected chi connectivity index (χ3v) is 5.35. The molecular weight excluding hydrogens is 374 g/mol. The first kappa shape index (κ1) is 22.2. The lowest BCUT2D eigenvalue weighted by Crippen LogP contribution is -2.34. The Morgan fingerprint density at radius 3 is 2.57 bits per heavy atom. The van der Waals surface area contributed by atoms with Gasteiger partial charge in [-0.25, -0.2) is 0 Å². The lowest BCUT2D eigenvalue weighted by Gasteiger charge is -2.14. The van der Waals surface area contributed by atoms with E-state index in [1.54, 1.807) is 0 Å². The van der Waals surface area contributed by atoms with Gasteiger partial charge >= 0.3 is 0 Å². The Morgan fingerprint density at radius 2 is 1.89 bits per heavy atom. The molecule has 2 aromatic rings. The summed E-state index contributed by atoms with van der Waals surface area (Å²) in [6.45, 7) is 3.70. The number of hydrogen-bond acceptors (Lipinski definition) is 4. The van der Waals surface area contributed by atoms with Crippen molar-refractivity contribution in [3.8, 4) is 11.4 Å². The van der Waals surface area contributed by atoms with Crippen LogP contribution < -0.4 is 5.73 Å². The van der Waals surface area contributed by atoms with Crippen LogP contribution in [0.25, 0.3) is 11.4 Å². The van der Waals surface area contributed by atoms with Gasteiger partial charge < -0.3 is 15.2 Å². The number of aryl methyl sites for hydroxylation is 1. The van der Waals surface area contributed by atoms with Crippen LogP contribution in [0.3, 0.4) is 0 Å². The summed E-state index contributed by atoms with van der Waals surface area (Å²) < 4.78 is 5.47. The van der Waals surface area contributed by atoms with Gasteiger partial charge in [-0.05, 0) is 24.8 Å². The van der Waals surface area contributed by atoms with E-state index in [4.69, 9.17) is 15.7 Å².